The highest BCUT2D eigenvalue weighted by molar-refractivity contribution is 6.05. The smallest absolute Gasteiger partial charge is 0.428 e. The molecule has 0 aromatic carbocycles. The molecule has 0 rings (SSSR count). The molecular weight excluding hydrogens is 216 g/mol. The second-order valence-corrected chi connectivity index (χ2v) is 3.54. The van der Waals surface area contributed by atoms with Crippen LogP contribution in [0.25, 0.3) is 0 Å². The van der Waals surface area contributed by atoms with Crippen LogP contribution in [0.2, 0.25) is 0 Å². The highest BCUT2D eigenvalue weighted by Gasteiger charge is 2.31. The Hall–Kier alpha value is -1.79. The van der Waals surface area contributed by atoms with E-state index >= 15 is 0 Å². The van der Waals surface area contributed by atoms with Gasteiger partial charge in [0.2, 0.25) is 0 Å². The fourth-order valence-corrected chi connectivity index (χ4v) is 0.763. The molecule has 0 unspecified atom stereocenters. The van der Waals surface area contributed by atoms with E-state index in [1.54, 1.807) is 27.7 Å². The summed E-state index contributed by atoms with van der Waals surface area (Å²) >= 11 is 0. The molecule has 0 aromatic rings. The molecular formula is C9H16N2O5. The molecule has 0 aromatic heterocycles. The van der Waals surface area contributed by atoms with Gasteiger partial charge in [0.25, 0.3) is 0 Å². The molecule has 0 saturated carbocycles. The fraction of sp³-hybridized carbons (Fsp3) is 0.667. The number of amides is 4. The highest BCUT2D eigenvalue weighted by atomic mass is 16.6. The van der Waals surface area contributed by atoms with Crippen molar-refractivity contribution in [3.63, 3.8) is 0 Å². The third-order valence-corrected chi connectivity index (χ3v) is 1.26. The van der Waals surface area contributed by atoms with Crippen molar-refractivity contribution < 1.29 is 23.9 Å². The lowest BCUT2D eigenvalue weighted by Crippen LogP contribution is -2.46. The first-order valence-electron chi connectivity index (χ1n) is 4.76. The maximum atomic E-state index is 11.3. The first-order valence-corrected chi connectivity index (χ1v) is 4.76. The van der Waals surface area contributed by atoms with E-state index in [-0.39, 0.29) is 4.90 Å². The maximum Gasteiger partial charge on any atom is 0.428 e. The summed E-state index contributed by atoms with van der Waals surface area (Å²) in [6.45, 7) is 6.30. The normalized spacial score (nSPS) is 10.1. The van der Waals surface area contributed by atoms with E-state index in [0.29, 0.717) is 0 Å². The zero-order valence-electron chi connectivity index (χ0n) is 9.72. The van der Waals surface area contributed by atoms with E-state index in [9.17, 15) is 14.4 Å². The van der Waals surface area contributed by atoms with Crippen molar-refractivity contribution in [1.29, 1.82) is 0 Å². The molecule has 4 amide bonds. The maximum absolute atomic E-state index is 11.3. The number of carbonyl (C=O) groups excluding carboxylic acids is 3. The number of nitrogens with two attached hydrogens (primary N) is 1. The van der Waals surface area contributed by atoms with Gasteiger partial charge in [0.1, 0.15) is 0 Å². The predicted molar refractivity (Wildman–Crippen MR) is 54.7 cm³/mol. The zero-order chi connectivity index (χ0) is 12.9. The molecule has 0 spiro atoms. The average molecular weight is 232 g/mol. The molecule has 16 heavy (non-hydrogen) atoms. The van der Waals surface area contributed by atoms with Crippen LogP contribution >= 0.6 is 0 Å². The minimum atomic E-state index is -1.24. The van der Waals surface area contributed by atoms with Crippen LogP contribution < -0.4 is 5.73 Å². The lowest BCUT2D eigenvalue weighted by molar-refractivity contribution is 0.0614. The van der Waals surface area contributed by atoms with Crippen molar-refractivity contribution in [3.8, 4) is 0 Å². The summed E-state index contributed by atoms with van der Waals surface area (Å²) < 4.78 is 9.32. The highest BCUT2D eigenvalue weighted by Crippen LogP contribution is 2.03. The number of ether oxygens (including phenoxy) is 2. The summed E-state index contributed by atoms with van der Waals surface area (Å²) in [7, 11) is 0. The van der Waals surface area contributed by atoms with Crippen molar-refractivity contribution in [1.82, 2.24) is 4.90 Å². The number of urea groups is 1. The third-order valence-electron chi connectivity index (χ3n) is 1.26. The van der Waals surface area contributed by atoms with Gasteiger partial charge in [-0.2, -0.15) is 0 Å². The van der Waals surface area contributed by atoms with Gasteiger partial charge in [0.15, 0.2) is 0 Å². The number of primary amides is 1. The monoisotopic (exact) mass is 232 g/mol. The van der Waals surface area contributed by atoms with Crippen molar-refractivity contribution in [2.75, 3.05) is 0 Å². The molecule has 0 fully saturated rings. The van der Waals surface area contributed by atoms with Crippen molar-refractivity contribution in [2.24, 2.45) is 5.73 Å². The summed E-state index contributed by atoms with van der Waals surface area (Å²) in [5.41, 5.74) is 4.88. The number of hydrogen-bond donors (Lipinski definition) is 1. The number of rotatable bonds is 2. The SMILES string of the molecule is CC(C)OC(=O)N(C(N)=O)C(=O)OC(C)C. The van der Waals surface area contributed by atoms with Gasteiger partial charge in [0, 0.05) is 0 Å². The van der Waals surface area contributed by atoms with Crippen LogP contribution in [-0.2, 0) is 9.47 Å². The zero-order valence-corrected chi connectivity index (χ0v) is 9.72. The van der Waals surface area contributed by atoms with Crippen LogP contribution in [0.4, 0.5) is 14.4 Å². The van der Waals surface area contributed by atoms with E-state index in [1.807, 2.05) is 0 Å². The molecule has 2 N–H and O–H groups in total. The van der Waals surface area contributed by atoms with Gasteiger partial charge >= 0.3 is 18.2 Å². The van der Waals surface area contributed by atoms with Crippen LogP contribution in [-0.4, -0.2) is 35.3 Å². The molecule has 0 saturated heterocycles. The lowest BCUT2D eigenvalue weighted by atomic mass is 10.5. The van der Waals surface area contributed by atoms with Crippen LogP contribution in [0, 0.1) is 0 Å². The molecule has 0 bridgehead atoms. The Labute approximate surface area is 93.5 Å². The van der Waals surface area contributed by atoms with E-state index in [2.05, 4.69) is 9.47 Å². The van der Waals surface area contributed by atoms with Crippen LogP contribution in [0.5, 0.6) is 0 Å². The summed E-state index contributed by atoms with van der Waals surface area (Å²) in [5, 5.41) is 0. The molecule has 0 aliphatic carbocycles. The summed E-state index contributed by atoms with van der Waals surface area (Å²) in [4.78, 5) is 33.6. The lowest BCUT2D eigenvalue weighted by Gasteiger charge is -2.18. The second-order valence-electron chi connectivity index (χ2n) is 3.54. The molecule has 92 valence electrons. The summed E-state index contributed by atoms with van der Waals surface area (Å²) in [6, 6.07) is -1.24. The summed E-state index contributed by atoms with van der Waals surface area (Å²) in [5.74, 6) is 0. The Morgan fingerprint density at radius 2 is 1.25 bits per heavy atom. The largest absolute Gasteiger partial charge is 0.446 e. The van der Waals surface area contributed by atoms with Gasteiger partial charge in [0.05, 0.1) is 12.2 Å². The van der Waals surface area contributed by atoms with Gasteiger partial charge in [-0.05, 0) is 27.7 Å². The number of carbonyl (C=O) groups is 3. The van der Waals surface area contributed by atoms with E-state index in [1.165, 1.54) is 0 Å². The summed E-state index contributed by atoms with van der Waals surface area (Å²) in [6.07, 6.45) is -3.23. The average Bonchev–Trinajstić information content (AvgIpc) is 1.98. The van der Waals surface area contributed by atoms with Crippen molar-refractivity contribution >= 4 is 18.2 Å². The van der Waals surface area contributed by atoms with Gasteiger partial charge in [-0.15, -0.1) is 4.90 Å². The van der Waals surface area contributed by atoms with E-state index in [0.717, 1.165) is 0 Å². The quantitative estimate of drug-likeness (QED) is 0.776. The minimum Gasteiger partial charge on any atom is -0.446 e. The number of hydrogen-bond acceptors (Lipinski definition) is 5. The van der Waals surface area contributed by atoms with Gasteiger partial charge < -0.3 is 15.2 Å². The Balaban J connectivity index is 4.67. The topological polar surface area (TPSA) is 98.9 Å². The van der Waals surface area contributed by atoms with E-state index < -0.39 is 30.4 Å². The minimum absolute atomic E-state index is 0.111. The fourth-order valence-electron chi connectivity index (χ4n) is 0.763. The van der Waals surface area contributed by atoms with Crippen molar-refractivity contribution in [3.05, 3.63) is 0 Å². The first-order chi connectivity index (χ1) is 7.25. The number of imide groups is 3. The standard InChI is InChI=1S/C9H16N2O5/c1-5(2)15-8(13)11(7(10)12)9(14)16-6(3)4/h5-6H,1-4H3,(H2,10,12). The van der Waals surface area contributed by atoms with E-state index in [4.69, 9.17) is 5.73 Å². The Morgan fingerprint density at radius 1 is 0.938 bits per heavy atom. The molecule has 7 nitrogen and oxygen atoms in total. The second kappa shape index (κ2) is 5.94. The Kier molecular flexibility index (Phi) is 5.27. The molecule has 7 heteroatoms. The van der Waals surface area contributed by atoms with Gasteiger partial charge in [-0.1, -0.05) is 0 Å². The Morgan fingerprint density at radius 3 is 1.44 bits per heavy atom. The van der Waals surface area contributed by atoms with Crippen LogP contribution in [0.3, 0.4) is 0 Å². The molecule has 0 radical (unpaired) electrons. The molecule has 0 aliphatic heterocycles. The van der Waals surface area contributed by atoms with Gasteiger partial charge in [-0.3, -0.25) is 0 Å². The Bertz CT molecular complexity index is 266. The molecule has 0 atom stereocenters. The first kappa shape index (κ1) is 14.2. The molecule has 0 aliphatic rings. The van der Waals surface area contributed by atoms with Crippen LogP contribution in [0.1, 0.15) is 27.7 Å². The predicted octanol–water partition coefficient (Wildman–Crippen LogP) is 1.46. The third kappa shape index (κ3) is 4.63. The number of nitrogens with zero attached hydrogens (tertiary/aromatic N) is 1. The van der Waals surface area contributed by atoms with Crippen molar-refractivity contribution in [2.45, 2.75) is 39.9 Å². The molecule has 0 heterocycles. The van der Waals surface area contributed by atoms with Gasteiger partial charge in [-0.25, -0.2) is 14.4 Å². The van der Waals surface area contributed by atoms with Crippen LogP contribution in [0.15, 0.2) is 0 Å².